The number of hydrogen-bond acceptors (Lipinski definition) is 2. The van der Waals surface area contributed by atoms with Gasteiger partial charge in [-0.2, -0.15) is 8.78 Å². The van der Waals surface area contributed by atoms with E-state index in [2.05, 4.69) is 15.0 Å². The maximum atomic E-state index is 12.5. The minimum Gasteiger partial charge on any atom is -0.434 e. The van der Waals surface area contributed by atoms with Crippen LogP contribution >= 0.6 is 0 Å². The number of nitrogens with zero attached hydrogens (tertiary/aromatic N) is 3. The minimum atomic E-state index is -2.84. The second-order valence-electron chi connectivity index (χ2n) is 5.35. The Morgan fingerprint density at radius 2 is 2.04 bits per heavy atom. The van der Waals surface area contributed by atoms with E-state index in [4.69, 9.17) is 0 Å². The molecule has 0 fully saturated rings. The van der Waals surface area contributed by atoms with E-state index in [1.165, 1.54) is 6.07 Å². The van der Waals surface area contributed by atoms with Crippen molar-refractivity contribution in [3.8, 4) is 5.75 Å². The van der Waals surface area contributed by atoms with Crippen molar-refractivity contribution >= 4 is 5.96 Å². The van der Waals surface area contributed by atoms with Crippen LogP contribution < -0.4 is 10.1 Å². The molecule has 130 valence electrons. The summed E-state index contributed by atoms with van der Waals surface area (Å²) < 4.78 is 31.5. The van der Waals surface area contributed by atoms with Crippen molar-refractivity contribution in [2.24, 2.45) is 12.0 Å². The fraction of sp³-hybridized carbons (Fsp3) is 0.353. The van der Waals surface area contributed by atoms with E-state index in [1.807, 2.05) is 41.9 Å². The first-order chi connectivity index (χ1) is 11.5. The van der Waals surface area contributed by atoms with Crippen molar-refractivity contribution in [1.29, 1.82) is 0 Å². The van der Waals surface area contributed by atoms with E-state index in [0.717, 1.165) is 5.69 Å². The molecule has 0 saturated heterocycles. The SMILES string of the molecule is CN=C(NCc1ccccc1OC(F)F)N(C)Cc1cccn1C. The number of nitrogens with one attached hydrogen (secondary N) is 1. The molecule has 0 atom stereocenters. The number of guanidine groups is 1. The van der Waals surface area contributed by atoms with E-state index in [1.54, 1.807) is 25.2 Å². The summed E-state index contributed by atoms with van der Waals surface area (Å²) in [6.45, 7) is -1.82. The van der Waals surface area contributed by atoms with Gasteiger partial charge < -0.3 is 19.5 Å². The Kier molecular flexibility index (Phi) is 6.17. The molecule has 0 amide bonds. The summed E-state index contributed by atoms with van der Waals surface area (Å²) in [6, 6.07) is 10.7. The third-order valence-corrected chi connectivity index (χ3v) is 3.65. The maximum absolute atomic E-state index is 12.5. The number of aliphatic imine (C=N–C) groups is 1. The first kappa shape index (κ1) is 17.8. The first-order valence-electron chi connectivity index (χ1n) is 7.56. The lowest BCUT2D eigenvalue weighted by Gasteiger charge is -2.23. The predicted octanol–water partition coefficient (Wildman–Crippen LogP) is 2.83. The lowest BCUT2D eigenvalue weighted by atomic mass is 10.2. The highest BCUT2D eigenvalue weighted by atomic mass is 19.3. The second-order valence-corrected chi connectivity index (χ2v) is 5.35. The number of ether oxygens (including phenoxy) is 1. The van der Waals surface area contributed by atoms with Gasteiger partial charge in [-0.15, -0.1) is 0 Å². The molecule has 0 aliphatic heterocycles. The number of alkyl halides is 2. The Hall–Kier alpha value is -2.57. The van der Waals surface area contributed by atoms with Gasteiger partial charge in [-0.3, -0.25) is 4.99 Å². The molecule has 2 rings (SSSR count). The standard InChI is InChI=1S/C17H22F2N4O/c1-20-17(23(3)12-14-8-6-10-22(14)2)21-11-13-7-4-5-9-15(13)24-16(18)19/h4-10,16H,11-12H2,1-3H3,(H,20,21). The molecule has 2 aromatic rings. The molecule has 0 aliphatic carbocycles. The molecule has 1 heterocycles. The zero-order valence-electron chi connectivity index (χ0n) is 14.0. The van der Waals surface area contributed by atoms with Crippen LogP contribution in [0.5, 0.6) is 5.75 Å². The topological polar surface area (TPSA) is 41.8 Å². The molecule has 0 saturated carbocycles. The lowest BCUT2D eigenvalue weighted by Crippen LogP contribution is -2.38. The summed E-state index contributed by atoms with van der Waals surface area (Å²) in [7, 11) is 5.59. The van der Waals surface area contributed by atoms with Gasteiger partial charge in [0.1, 0.15) is 5.75 Å². The van der Waals surface area contributed by atoms with Gasteiger partial charge in [0, 0.05) is 45.1 Å². The Labute approximate surface area is 140 Å². The largest absolute Gasteiger partial charge is 0.434 e. The number of benzene rings is 1. The average Bonchev–Trinajstić information content (AvgIpc) is 2.94. The molecule has 0 radical (unpaired) electrons. The zero-order valence-corrected chi connectivity index (χ0v) is 14.0. The molecular formula is C17H22F2N4O. The number of para-hydroxylation sites is 1. The van der Waals surface area contributed by atoms with E-state index in [0.29, 0.717) is 24.6 Å². The summed E-state index contributed by atoms with van der Waals surface area (Å²) in [6.07, 6.45) is 1.98. The predicted molar refractivity (Wildman–Crippen MR) is 90.2 cm³/mol. The highest BCUT2D eigenvalue weighted by Gasteiger charge is 2.12. The third kappa shape index (κ3) is 4.71. The molecule has 5 nitrogen and oxygen atoms in total. The molecule has 0 spiro atoms. The van der Waals surface area contributed by atoms with Crippen LogP contribution in [0.1, 0.15) is 11.3 Å². The summed E-state index contributed by atoms with van der Waals surface area (Å²) in [5, 5.41) is 3.17. The number of aryl methyl sites for hydroxylation is 1. The van der Waals surface area contributed by atoms with E-state index >= 15 is 0 Å². The Morgan fingerprint density at radius 3 is 2.67 bits per heavy atom. The second kappa shape index (κ2) is 8.33. The van der Waals surface area contributed by atoms with Gasteiger partial charge in [0.25, 0.3) is 0 Å². The molecule has 1 N–H and O–H groups in total. The van der Waals surface area contributed by atoms with Crippen LogP contribution in [0.4, 0.5) is 8.78 Å². The molecular weight excluding hydrogens is 314 g/mol. The van der Waals surface area contributed by atoms with Gasteiger partial charge >= 0.3 is 6.61 Å². The van der Waals surface area contributed by atoms with Gasteiger partial charge in [-0.05, 0) is 18.2 Å². The quantitative estimate of drug-likeness (QED) is 0.651. The van der Waals surface area contributed by atoms with Gasteiger partial charge in [0.2, 0.25) is 0 Å². The molecule has 1 aromatic carbocycles. The third-order valence-electron chi connectivity index (χ3n) is 3.65. The van der Waals surface area contributed by atoms with Crippen LogP contribution in [0, 0.1) is 0 Å². The molecule has 24 heavy (non-hydrogen) atoms. The lowest BCUT2D eigenvalue weighted by molar-refractivity contribution is -0.0504. The van der Waals surface area contributed by atoms with Crippen LogP contribution in [-0.2, 0) is 20.1 Å². The highest BCUT2D eigenvalue weighted by molar-refractivity contribution is 5.79. The molecule has 0 unspecified atom stereocenters. The van der Waals surface area contributed by atoms with E-state index in [-0.39, 0.29) is 5.75 Å². The monoisotopic (exact) mass is 336 g/mol. The minimum absolute atomic E-state index is 0.167. The number of rotatable bonds is 6. The van der Waals surface area contributed by atoms with Crippen molar-refractivity contribution in [2.75, 3.05) is 14.1 Å². The fourth-order valence-corrected chi connectivity index (χ4v) is 2.40. The van der Waals surface area contributed by atoms with Crippen molar-refractivity contribution in [3.05, 3.63) is 53.9 Å². The van der Waals surface area contributed by atoms with Gasteiger partial charge in [0.15, 0.2) is 5.96 Å². The molecule has 0 aliphatic rings. The number of halogens is 2. The van der Waals surface area contributed by atoms with Crippen molar-refractivity contribution in [2.45, 2.75) is 19.7 Å². The Balaban J connectivity index is 2.00. The molecule has 7 heteroatoms. The summed E-state index contributed by atoms with van der Waals surface area (Å²) in [4.78, 5) is 6.20. The van der Waals surface area contributed by atoms with Gasteiger partial charge in [-0.25, -0.2) is 0 Å². The average molecular weight is 336 g/mol. The number of hydrogen-bond donors (Lipinski definition) is 1. The van der Waals surface area contributed by atoms with Crippen molar-refractivity contribution < 1.29 is 13.5 Å². The Morgan fingerprint density at radius 1 is 1.29 bits per heavy atom. The van der Waals surface area contributed by atoms with Crippen LogP contribution in [0.25, 0.3) is 0 Å². The Bertz CT molecular complexity index is 685. The van der Waals surface area contributed by atoms with Crippen LogP contribution in [0.2, 0.25) is 0 Å². The van der Waals surface area contributed by atoms with Crippen LogP contribution in [-0.4, -0.2) is 36.1 Å². The maximum Gasteiger partial charge on any atom is 0.387 e. The smallest absolute Gasteiger partial charge is 0.387 e. The highest BCUT2D eigenvalue weighted by Crippen LogP contribution is 2.20. The summed E-state index contributed by atoms with van der Waals surface area (Å²) in [5.41, 5.74) is 1.79. The van der Waals surface area contributed by atoms with Crippen molar-refractivity contribution in [3.63, 3.8) is 0 Å². The normalized spacial score (nSPS) is 11.7. The van der Waals surface area contributed by atoms with Gasteiger partial charge in [-0.1, -0.05) is 18.2 Å². The van der Waals surface area contributed by atoms with E-state index < -0.39 is 6.61 Å². The van der Waals surface area contributed by atoms with E-state index in [9.17, 15) is 8.78 Å². The summed E-state index contributed by atoms with van der Waals surface area (Å²) in [5.74, 6) is 0.837. The molecule has 1 aromatic heterocycles. The van der Waals surface area contributed by atoms with Crippen molar-refractivity contribution in [1.82, 2.24) is 14.8 Å². The number of aromatic nitrogens is 1. The zero-order chi connectivity index (χ0) is 17.5. The van der Waals surface area contributed by atoms with Crippen LogP contribution in [0.15, 0.2) is 47.6 Å². The van der Waals surface area contributed by atoms with Gasteiger partial charge in [0.05, 0.1) is 6.54 Å². The first-order valence-corrected chi connectivity index (χ1v) is 7.56. The summed E-state index contributed by atoms with van der Waals surface area (Å²) >= 11 is 0. The van der Waals surface area contributed by atoms with Crippen LogP contribution in [0.3, 0.4) is 0 Å². The molecule has 0 bridgehead atoms. The fourth-order valence-electron chi connectivity index (χ4n) is 2.40.